The summed E-state index contributed by atoms with van der Waals surface area (Å²) in [4.78, 5) is 8.00. The van der Waals surface area contributed by atoms with Gasteiger partial charge >= 0.3 is 89.1 Å². The maximum absolute atomic E-state index is 8.00. The summed E-state index contributed by atoms with van der Waals surface area (Å²) >= 11 is 0. The van der Waals surface area contributed by atoms with Crippen molar-refractivity contribution in [2.45, 2.75) is 0 Å². The first kappa shape index (κ1) is 15.7. The van der Waals surface area contributed by atoms with E-state index >= 15 is 0 Å². The fourth-order valence-corrected chi connectivity index (χ4v) is 0. The van der Waals surface area contributed by atoms with Crippen molar-refractivity contribution < 1.29 is 51.4 Å². The van der Waals surface area contributed by atoms with E-state index in [2.05, 4.69) is 0 Å². The van der Waals surface area contributed by atoms with Gasteiger partial charge in [0.05, 0.1) is 0 Å². The van der Waals surface area contributed by atoms with Crippen LogP contribution >= 0.6 is 0 Å². The van der Waals surface area contributed by atoms with E-state index in [0.717, 1.165) is 5.34 Å². The van der Waals surface area contributed by atoms with Crippen LogP contribution in [0, 0.1) is 10.1 Å². The Bertz CT molecular complexity index is 17.1. The van der Waals surface area contributed by atoms with Crippen LogP contribution in [0.1, 0.15) is 0 Å². The summed E-state index contributed by atoms with van der Waals surface area (Å²) < 4.78 is 0. The molecule has 0 bridgehead atoms. The van der Waals surface area contributed by atoms with Crippen molar-refractivity contribution >= 4 is 37.7 Å². The van der Waals surface area contributed by atoms with E-state index in [-0.39, 0.29) is 89.1 Å². The predicted molar refractivity (Wildman–Crippen MR) is 17.7 cm³/mol. The molecule has 0 fully saturated rings. The average Bonchev–Trinajstić information content (AvgIpc) is 0.918. The summed E-state index contributed by atoms with van der Waals surface area (Å²) in [6.45, 7) is 0. The molecule has 0 radical (unpaired) electrons. The maximum atomic E-state index is 8.00. The van der Waals surface area contributed by atoms with E-state index < -0.39 is 0 Å². The molecule has 0 N–H and O–H groups in total. The molecule has 0 atom stereocenters. The first-order chi connectivity index (χ1) is 1.41. The number of rotatable bonds is 0. The first-order valence-electron chi connectivity index (χ1n) is 0.365. The molecular formula is H2CaKNO2. The molecule has 0 unspecified atom stereocenters. The number of hydrogen-bond donors (Lipinski definition) is 0. The Hall–Kier alpha value is 2.30. The van der Waals surface area contributed by atoms with Gasteiger partial charge in [0, 0.05) is 0 Å². The van der Waals surface area contributed by atoms with Crippen LogP contribution in [0.2, 0.25) is 0 Å². The normalized spacial score (nSPS) is 2.40. The van der Waals surface area contributed by atoms with E-state index in [4.69, 9.17) is 10.1 Å². The molecule has 5 heteroatoms. The maximum Gasteiger partial charge on any atom is 1.00 e. The number of nitrogens with zero attached hydrogens (tertiary/aromatic N) is 1. The van der Waals surface area contributed by atoms with E-state index in [0.29, 0.717) is 0 Å². The summed E-state index contributed by atoms with van der Waals surface area (Å²) in [5.74, 6) is 0. The van der Waals surface area contributed by atoms with Gasteiger partial charge in [-0.25, -0.2) is 0 Å². The minimum absolute atomic E-state index is 0. The van der Waals surface area contributed by atoms with Gasteiger partial charge in [-0.3, -0.25) is 0 Å². The Morgan fingerprint density at radius 1 is 1.60 bits per heavy atom. The molecule has 0 aliphatic rings. The molecule has 0 rings (SSSR count). The second-order valence-electron chi connectivity index (χ2n) is 0.0745. The van der Waals surface area contributed by atoms with Crippen LogP contribution in [0.4, 0.5) is 0 Å². The molecule has 0 aliphatic carbocycles. The quantitative estimate of drug-likeness (QED) is 0.191. The van der Waals surface area contributed by atoms with Crippen LogP contribution in [0.15, 0.2) is 5.34 Å². The second-order valence-corrected chi connectivity index (χ2v) is 0.0745. The Labute approximate surface area is 102 Å². The Balaban J connectivity index is -0.0000000200. The van der Waals surface area contributed by atoms with Crippen molar-refractivity contribution in [1.29, 1.82) is 0 Å². The fraction of sp³-hybridized carbons (Fsp3) is 0. The van der Waals surface area contributed by atoms with Crippen LogP contribution in [0.25, 0.3) is 0 Å². The smallest absolute Gasteiger partial charge is 1.00 e. The Kier molecular flexibility index (Phi) is 50.9. The van der Waals surface area contributed by atoms with Gasteiger partial charge in [0.1, 0.15) is 0 Å². The van der Waals surface area contributed by atoms with Crippen molar-refractivity contribution in [3.05, 3.63) is 10.1 Å². The third-order valence-electron chi connectivity index (χ3n) is 0. The van der Waals surface area contributed by atoms with Crippen LogP contribution in [0.5, 0.6) is 0 Å². The summed E-state index contributed by atoms with van der Waals surface area (Å²) in [6.07, 6.45) is 0. The van der Waals surface area contributed by atoms with E-state index in [1.165, 1.54) is 0 Å². The third-order valence-corrected chi connectivity index (χ3v) is 0. The van der Waals surface area contributed by atoms with Crippen molar-refractivity contribution in [3.63, 3.8) is 0 Å². The van der Waals surface area contributed by atoms with Gasteiger partial charge < -0.3 is 10.1 Å². The molecule has 3 nitrogen and oxygen atoms in total. The minimum atomic E-state index is 0. The summed E-state index contributed by atoms with van der Waals surface area (Å²) in [5, 5.41) is 9.00. The second kappa shape index (κ2) is 16.3. The number of hydrogen-bond acceptors (Lipinski definition) is 3. The zero-order chi connectivity index (χ0) is 2.71. The molecule has 0 saturated carbocycles. The molecule has 0 aromatic carbocycles. The largest absolute Gasteiger partial charge is 1.00 e. The van der Waals surface area contributed by atoms with Gasteiger partial charge in [-0.05, 0) is 0 Å². The van der Waals surface area contributed by atoms with Crippen molar-refractivity contribution in [2.24, 2.45) is 5.34 Å². The van der Waals surface area contributed by atoms with E-state index in [1.807, 2.05) is 0 Å². The van der Waals surface area contributed by atoms with E-state index in [9.17, 15) is 0 Å². The van der Waals surface area contributed by atoms with E-state index in [1.54, 1.807) is 0 Å². The van der Waals surface area contributed by atoms with Crippen LogP contribution in [-0.2, 0) is 0 Å². The van der Waals surface area contributed by atoms with Crippen LogP contribution < -0.4 is 51.4 Å². The first-order valence-corrected chi connectivity index (χ1v) is 0.365. The molecular weight excluding hydrogens is 125 g/mol. The zero-order valence-corrected chi connectivity index (χ0v) is 5.39. The molecule has 0 aliphatic heterocycles. The zero-order valence-electron chi connectivity index (χ0n) is 2.26. The van der Waals surface area contributed by atoms with Crippen molar-refractivity contribution in [1.82, 2.24) is 0 Å². The Morgan fingerprint density at radius 2 is 1.60 bits per heavy atom. The molecule has 0 saturated heterocycles. The van der Waals surface area contributed by atoms with Gasteiger partial charge in [-0.15, -0.1) is 5.34 Å². The topological polar surface area (TPSA) is 52.5 Å². The molecule has 0 spiro atoms. The average molecular weight is 127 g/mol. The van der Waals surface area contributed by atoms with Gasteiger partial charge in [0.15, 0.2) is 0 Å². The molecule has 0 aromatic heterocycles. The van der Waals surface area contributed by atoms with Gasteiger partial charge in [0.25, 0.3) is 0 Å². The molecule has 0 heterocycles. The third kappa shape index (κ3) is 22.0. The van der Waals surface area contributed by atoms with Gasteiger partial charge in [-0.2, -0.15) is 0 Å². The SMILES string of the molecule is O=N[O-].[CaH2].[K+]. The van der Waals surface area contributed by atoms with Crippen LogP contribution in [0.3, 0.4) is 0 Å². The van der Waals surface area contributed by atoms with Crippen molar-refractivity contribution in [3.8, 4) is 0 Å². The van der Waals surface area contributed by atoms with Gasteiger partial charge in [0.2, 0.25) is 0 Å². The minimum Gasteiger partial charge on any atom is 1.00 e. The fourth-order valence-electron chi connectivity index (χ4n) is 0. The van der Waals surface area contributed by atoms with Crippen molar-refractivity contribution in [2.75, 3.05) is 0 Å². The Morgan fingerprint density at radius 3 is 1.60 bits per heavy atom. The molecule has 5 heavy (non-hydrogen) atoms. The predicted octanol–water partition coefficient (Wildman–Crippen LogP) is -3.66. The molecule has 22 valence electrons. The molecule has 0 aromatic rings. The monoisotopic (exact) mass is 127 g/mol. The summed E-state index contributed by atoms with van der Waals surface area (Å²) in [7, 11) is 0. The van der Waals surface area contributed by atoms with Gasteiger partial charge in [-0.1, -0.05) is 0 Å². The molecule has 0 amide bonds. The summed E-state index contributed by atoms with van der Waals surface area (Å²) in [6, 6.07) is 0. The summed E-state index contributed by atoms with van der Waals surface area (Å²) in [5.41, 5.74) is 0. The van der Waals surface area contributed by atoms with Crippen LogP contribution in [-0.4, -0.2) is 37.7 Å². The standard InChI is InChI=1S/Ca.K.HNO2.2H/c;;2-1-3;;/h;;(H,2,3);;/q;+1;;;/p-1.